The van der Waals surface area contributed by atoms with E-state index in [0.717, 1.165) is 6.92 Å². The van der Waals surface area contributed by atoms with Gasteiger partial charge in [0.1, 0.15) is 4.87 Å². The molecule has 1 atom stereocenters. The molecule has 2 nitrogen and oxygen atoms in total. The Morgan fingerprint density at radius 2 is 1.82 bits per heavy atom. The second-order valence-corrected chi connectivity index (χ2v) is 4.64. The van der Waals surface area contributed by atoms with E-state index in [1.807, 2.05) is 0 Å². The van der Waals surface area contributed by atoms with Crippen LogP contribution in [-0.4, -0.2) is 17.0 Å². The number of hydrogen-bond acceptors (Lipinski definition) is 1. The van der Waals surface area contributed by atoms with Crippen molar-refractivity contribution in [3.63, 3.8) is 0 Å². The molecule has 0 spiro atoms. The van der Waals surface area contributed by atoms with Crippen molar-refractivity contribution >= 4 is 23.2 Å². The van der Waals surface area contributed by atoms with Crippen molar-refractivity contribution in [2.75, 3.05) is 5.32 Å². The van der Waals surface area contributed by atoms with Crippen molar-refractivity contribution in [1.29, 1.82) is 0 Å². The first-order chi connectivity index (χ1) is 7.71. The number of rotatable bonds is 3. The molecule has 1 amide bonds. The number of carbonyl (C=O) groups excluding carboxylic acids is 1. The number of alkyl halides is 4. The monoisotopic (exact) mass is 265 g/mol. The van der Waals surface area contributed by atoms with Crippen molar-refractivity contribution in [3.8, 4) is 0 Å². The van der Waals surface area contributed by atoms with Gasteiger partial charge in [0.25, 0.3) is 0 Å². The van der Waals surface area contributed by atoms with Crippen molar-refractivity contribution in [3.05, 3.63) is 30.3 Å². The van der Waals surface area contributed by atoms with E-state index >= 15 is 0 Å². The summed E-state index contributed by atoms with van der Waals surface area (Å²) >= 11 is 5.59. The number of hydrogen-bond donors (Lipinski definition) is 1. The molecule has 0 fully saturated rings. The number of amides is 1. The van der Waals surface area contributed by atoms with Crippen LogP contribution in [0.25, 0.3) is 0 Å². The Morgan fingerprint density at radius 3 is 2.29 bits per heavy atom. The third-order valence-electron chi connectivity index (χ3n) is 2.04. The number of carbonyl (C=O) groups is 1. The van der Waals surface area contributed by atoms with Gasteiger partial charge in [-0.2, -0.15) is 13.2 Å². The van der Waals surface area contributed by atoms with E-state index in [0.29, 0.717) is 5.69 Å². The molecule has 0 aliphatic carbocycles. The third kappa shape index (κ3) is 4.65. The predicted octanol–water partition coefficient (Wildman–Crippen LogP) is 3.58. The van der Waals surface area contributed by atoms with E-state index < -0.39 is 23.4 Å². The summed E-state index contributed by atoms with van der Waals surface area (Å²) in [6, 6.07) is 8.18. The summed E-state index contributed by atoms with van der Waals surface area (Å²) in [5, 5.41) is 2.33. The van der Waals surface area contributed by atoms with Gasteiger partial charge >= 0.3 is 6.18 Å². The lowest BCUT2D eigenvalue weighted by atomic mass is 10.1. The maximum Gasteiger partial charge on any atom is 0.391 e. The quantitative estimate of drug-likeness (QED) is 0.832. The highest BCUT2D eigenvalue weighted by molar-refractivity contribution is 6.36. The van der Waals surface area contributed by atoms with Gasteiger partial charge < -0.3 is 5.32 Å². The summed E-state index contributed by atoms with van der Waals surface area (Å²) in [7, 11) is 0. The smallest absolute Gasteiger partial charge is 0.325 e. The maximum absolute atomic E-state index is 12.2. The van der Waals surface area contributed by atoms with Crippen LogP contribution < -0.4 is 5.32 Å². The molecule has 17 heavy (non-hydrogen) atoms. The zero-order valence-electron chi connectivity index (χ0n) is 9.01. The molecule has 0 saturated carbocycles. The minimum atomic E-state index is -4.48. The lowest BCUT2D eigenvalue weighted by molar-refractivity contribution is -0.147. The first kappa shape index (κ1) is 13.8. The van der Waals surface area contributed by atoms with Crippen LogP contribution in [0.3, 0.4) is 0 Å². The van der Waals surface area contributed by atoms with Crippen LogP contribution >= 0.6 is 11.6 Å². The Bertz CT molecular complexity index is 389. The third-order valence-corrected chi connectivity index (χ3v) is 2.34. The van der Waals surface area contributed by atoms with Crippen LogP contribution in [0, 0.1) is 0 Å². The van der Waals surface area contributed by atoms with E-state index in [1.54, 1.807) is 30.3 Å². The van der Waals surface area contributed by atoms with Gasteiger partial charge in [0.15, 0.2) is 0 Å². The molecular weight excluding hydrogens is 255 g/mol. The fraction of sp³-hybridized carbons (Fsp3) is 0.364. The molecule has 1 aromatic carbocycles. The Balaban J connectivity index is 2.70. The van der Waals surface area contributed by atoms with Crippen LogP contribution in [0.2, 0.25) is 0 Å². The summed E-state index contributed by atoms with van der Waals surface area (Å²) in [6.07, 6.45) is -5.86. The van der Waals surface area contributed by atoms with Gasteiger partial charge in [-0.05, 0) is 19.1 Å². The number of anilines is 1. The molecule has 6 heteroatoms. The lowest BCUT2D eigenvalue weighted by Crippen LogP contribution is -2.38. The Hall–Kier alpha value is -1.23. The van der Waals surface area contributed by atoms with Crippen molar-refractivity contribution in [2.45, 2.75) is 24.4 Å². The highest BCUT2D eigenvalue weighted by Gasteiger charge is 2.43. The second-order valence-electron chi connectivity index (χ2n) is 3.81. The Kier molecular flexibility index (Phi) is 4.03. The summed E-state index contributed by atoms with van der Waals surface area (Å²) in [6.45, 7) is 1.04. The van der Waals surface area contributed by atoms with Crippen LogP contribution in [0.1, 0.15) is 13.3 Å². The molecule has 0 bridgehead atoms. The van der Waals surface area contributed by atoms with Gasteiger partial charge in [-0.25, -0.2) is 0 Å². The lowest BCUT2D eigenvalue weighted by Gasteiger charge is -2.22. The van der Waals surface area contributed by atoms with E-state index in [9.17, 15) is 18.0 Å². The molecule has 1 N–H and O–H groups in total. The largest absolute Gasteiger partial charge is 0.391 e. The highest BCUT2D eigenvalue weighted by Crippen LogP contribution is 2.32. The van der Waals surface area contributed by atoms with E-state index in [-0.39, 0.29) is 0 Å². The van der Waals surface area contributed by atoms with Crippen molar-refractivity contribution < 1.29 is 18.0 Å². The van der Waals surface area contributed by atoms with Crippen LogP contribution in [0.5, 0.6) is 0 Å². The molecule has 0 radical (unpaired) electrons. The van der Waals surface area contributed by atoms with E-state index in [4.69, 9.17) is 11.6 Å². The van der Waals surface area contributed by atoms with Crippen molar-refractivity contribution in [1.82, 2.24) is 0 Å². The average molecular weight is 266 g/mol. The predicted molar refractivity (Wildman–Crippen MR) is 60.0 cm³/mol. The van der Waals surface area contributed by atoms with Gasteiger partial charge in [-0.3, -0.25) is 4.79 Å². The first-order valence-electron chi connectivity index (χ1n) is 4.83. The molecule has 0 aliphatic rings. The van der Waals surface area contributed by atoms with Gasteiger partial charge in [-0.15, -0.1) is 11.6 Å². The standard InChI is InChI=1S/C11H11ClF3NO/c1-10(12,7-11(13,14)15)9(17)16-8-5-3-2-4-6-8/h2-6H,7H2,1H3,(H,16,17). The highest BCUT2D eigenvalue weighted by atomic mass is 35.5. The second kappa shape index (κ2) is 4.96. The molecular formula is C11H11ClF3NO. The minimum absolute atomic E-state index is 0.409. The van der Waals surface area contributed by atoms with Crippen LogP contribution in [0.15, 0.2) is 30.3 Å². The molecule has 1 rings (SSSR count). The fourth-order valence-electron chi connectivity index (χ4n) is 1.24. The zero-order chi connectivity index (χ0) is 13.1. The summed E-state index contributed by atoms with van der Waals surface area (Å²) < 4.78 is 36.6. The maximum atomic E-state index is 12.2. The number of para-hydroxylation sites is 1. The summed E-state index contributed by atoms with van der Waals surface area (Å²) in [5.41, 5.74) is 0.409. The Labute approximate surface area is 102 Å². The SMILES string of the molecule is CC(Cl)(CC(F)(F)F)C(=O)Nc1ccccc1. The number of benzene rings is 1. The zero-order valence-corrected chi connectivity index (χ0v) is 9.77. The first-order valence-corrected chi connectivity index (χ1v) is 5.21. The number of nitrogens with one attached hydrogen (secondary N) is 1. The van der Waals surface area contributed by atoms with Crippen molar-refractivity contribution in [2.24, 2.45) is 0 Å². The molecule has 0 saturated heterocycles. The number of halogens is 4. The summed E-state index contributed by atoms with van der Waals surface area (Å²) in [4.78, 5) is 9.56. The molecule has 0 aliphatic heterocycles. The average Bonchev–Trinajstić information content (AvgIpc) is 2.15. The molecule has 1 aromatic rings. The van der Waals surface area contributed by atoms with Gasteiger partial charge in [0.2, 0.25) is 5.91 Å². The summed E-state index contributed by atoms with van der Waals surface area (Å²) in [5.74, 6) is -0.873. The Morgan fingerprint density at radius 1 is 1.29 bits per heavy atom. The van der Waals surface area contributed by atoms with Gasteiger partial charge in [0, 0.05) is 5.69 Å². The molecule has 0 heterocycles. The molecule has 1 unspecified atom stereocenters. The van der Waals surface area contributed by atoms with E-state index in [1.165, 1.54) is 0 Å². The van der Waals surface area contributed by atoms with E-state index in [2.05, 4.69) is 5.32 Å². The van der Waals surface area contributed by atoms with Gasteiger partial charge in [-0.1, -0.05) is 18.2 Å². The topological polar surface area (TPSA) is 29.1 Å². The van der Waals surface area contributed by atoms with Crippen LogP contribution in [-0.2, 0) is 4.79 Å². The molecule has 0 aromatic heterocycles. The fourth-order valence-corrected chi connectivity index (χ4v) is 1.44. The van der Waals surface area contributed by atoms with Gasteiger partial charge in [0.05, 0.1) is 6.42 Å². The normalized spacial score (nSPS) is 15.1. The van der Waals surface area contributed by atoms with Crippen LogP contribution in [0.4, 0.5) is 18.9 Å². The minimum Gasteiger partial charge on any atom is -0.325 e. The molecule has 94 valence electrons.